The van der Waals surface area contributed by atoms with Gasteiger partial charge in [-0.1, -0.05) is 32.0 Å². The minimum Gasteiger partial charge on any atom is -0.307 e. The lowest BCUT2D eigenvalue weighted by Crippen LogP contribution is -2.25. The summed E-state index contributed by atoms with van der Waals surface area (Å²) in [5, 5.41) is 1.18. The van der Waals surface area contributed by atoms with Gasteiger partial charge < -0.3 is 4.57 Å². The Morgan fingerprint density at radius 1 is 1.31 bits per heavy atom. The molecule has 0 bridgehead atoms. The summed E-state index contributed by atoms with van der Waals surface area (Å²) in [4.78, 5) is 12.1. The van der Waals surface area contributed by atoms with E-state index in [9.17, 15) is 4.79 Å². The predicted molar refractivity (Wildman–Crippen MR) is 66.0 cm³/mol. The van der Waals surface area contributed by atoms with E-state index in [2.05, 4.69) is 32.0 Å². The van der Waals surface area contributed by atoms with E-state index in [1.54, 1.807) is 0 Å². The van der Waals surface area contributed by atoms with Crippen molar-refractivity contribution in [3.63, 3.8) is 0 Å². The molecule has 0 amide bonds. The molecule has 1 aliphatic heterocycles. The third-order valence-electron chi connectivity index (χ3n) is 3.57. The summed E-state index contributed by atoms with van der Waals surface area (Å²) >= 11 is 0. The van der Waals surface area contributed by atoms with Crippen molar-refractivity contribution in [2.45, 2.75) is 32.7 Å². The van der Waals surface area contributed by atoms with Gasteiger partial charge in [0, 0.05) is 17.5 Å². The summed E-state index contributed by atoms with van der Waals surface area (Å²) < 4.78 is 1.93. The molecule has 0 atom stereocenters. The largest absolute Gasteiger partial charge is 0.307 e. The van der Waals surface area contributed by atoms with E-state index in [0.717, 1.165) is 17.6 Å². The first-order valence-electron chi connectivity index (χ1n) is 5.64. The zero-order chi connectivity index (χ0) is 11.5. The van der Waals surface area contributed by atoms with Crippen LogP contribution in [0.15, 0.2) is 29.1 Å². The molecule has 3 rings (SSSR count). The Morgan fingerprint density at radius 2 is 2.06 bits per heavy atom. The molecule has 0 unspecified atom stereocenters. The first kappa shape index (κ1) is 9.64. The molecule has 16 heavy (non-hydrogen) atoms. The van der Waals surface area contributed by atoms with E-state index in [4.69, 9.17) is 0 Å². The highest BCUT2D eigenvalue weighted by atomic mass is 16.1. The molecule has 82 valence electrons. The third kappa shape index (κ3) is 1.04. The van der Waals surface area contributed by atoms with E-state index in [-0.39, 0.29) is 11.0 Å². The van der Waals surface area contributed by atoms with Crippen LogP contribution in [0.2, 0.25) is 0 Å². The van der Waals surface area contributed by atoms with Gasteiger partial charge in [-0.2, -0.15) is 0 Å². The second-order valence-corrected chi connectivity index (χ2v) is 5.35. The lowest BCUT2D eigenvalue weighted by molar-refractivity contribution is 0.470. The van der Waals surface area contributed by atoms with Gasteiger partial charge in [-0.05, 0) is 23.9 Å². The number of para-hydroxylation sites is 1. The maximum absolute atomic E-state index is 12.1. The first-order valence-corrected chi connectivity index (χ1v) is 5.64. The van der Waals surface area contributed by atoms with E-state index in [0.29, 0.717) is 0 Å². The standard InChI is InChI=1S/C14H15NO/c1-9-7-10-5-4-6-11-12(10)15(13(9)16)8-14(11,2)3/h4-7H,8H2,1-3H3. The van der Waals surface area contributed by atoms with Gasteiger partial charge in [-0.15, -0.1) is 0 Å². The van der Waals surface area contributed by atoms with Crippen molar-refractivity contribution in [3.05, 3.63) is 45.7 Å². The SMILES string of the molecule is Cc1cc2cccc3c2n(c1=O)CC3(C)C. The van der Waals surface area contributed by atoms with E-state index in [1.807, 2.05) is 17.6 Å². The molecule has 0 fully saturated rings. The fourth-order valence-electron chi connectivity index (χ4n) is 2.77. The third-order valence-corrected chi connectivity index (χ3v) is 3.57. The van der Waals surface area contributed by atoms with Crippen LogP contribution in [0, 0.1) is 6.92 Å². The van der Waals surface area contributed by atoms with Gasteiger partial charge >= 0.3 is 0 Å². The minimum absolute atomic E-state index is 0.0689. The molecule has 0 radical (unpaired) electrons. The van der Waals surface area contributed by atoms with Crippen LogP contribution in [0.3, 0.4) is 0 Å². The molecule has 2 nitrogen and oxygen atoms in total. The lowest BCUT2D eigenvalue weighted by Gasteiger charge is -2.17. The molecule has 2 aromatic rings. The molecular weight excluding hydrogens is 198 g/mol. The molecule has 1 aromatic heterocycles. The van der Waals surface area contributed by atoms with Gasteiger partial charge in [0.2, 0.25) is 0 Å². The highest BCUT2D eigenvalue weighted by Gasteiger charge is 2.31. The van der Waals surface area contributed by atoms with E-state index >= 15 is 0 Å². The zero-order valence-electron chi connectivity index (χ0n) is 9.87. The molecule has 1 aromatic carbocycles. The van der Waals surface area contributed by atoms with Gasteiger partial charge in [-0.3, -0.25) is 4.79 Å². The van der Waals surface area contributed by atoms with Crippen molar-refractivity contribution in [2.24, 2.45) is 0 Å². The van der Waals surface area contributed by atoms with Crippen LogP contribution in [-0.2, 0) is 12.0 Å². The Bertz CT molecular complexity index is 650. The summed E-state index contributed by atoms with van der Waals surface area (Å²) in [6, 6.07) is 8.31. The molecule has 1 aliphatic rings. The number of pyridine rings is 1. The monoisotopic (exact) mass is 213 g/mol. The summed E-state index contributed by atoms with van der Waals surface area (Å²) in [5.41, 5.74) is 3.48. The average molecular weight is 213 g/mol. The van der Waals surface area contributed by atoms with Crippen molar-refractivity contribution < 1.29 is 0 Å². The van der Waals surface area contributed by atoms with Crippen molar-refractivity contribution in [2.75, 3.05) is 0 Å². The number of nitrogens with zero attached hydrogens (tertiary/aromatic N) is 1. The maximum atomic E-state index is 12.1. The highest BCUT2D eigenvalue weighted by molar-refractivity contribution is 5.85. The number of hydrogen-bond acceptors (Lipinski definition) is 1. The number of hydrogen-bond donors (Lipinski definition) is 0. The van der Waals surface area contributed by atoms with Crippen LogP contribution >= 0.6 is 0 Å². The van der Waals surface area contributed by atoms with Crippen LogP contribution in [-0.4, -0.2) is 4.57 Å². The van der Waals surface area contributed by atoms with Crippen molar-refractivity contribution in [3.8, 4) is 0 Å². The summed E-state index contributed by atoms with van der Waals surface area (Å²) in [6.45, 7) is 7.08. The Kier molecular flexibility index (Phi) is 1.66. The second kappa shape index (κ2) is 2.76. The van der Waals surface area contributed by atoms with Gasteiger partial charge in [-0.25, -0.2) is 0 Å². The quantitative estimate of drug-likeness (QED) is 0.659. The number of aryl methyl sites for hydroxylation is 1. The van der Waals surface area contributed by atoms with Crippen molar-refractivity contribution in [1.29, 1.82) is 0 Å². The van der Waals surface area contributed by atoms with Gasteiger partial charge in [0.15, 0.2) is 0 Å². The molecule has 2 heterocycles. The van der Waals surface area contributed by atoms with E-state index < -0.39 is 0 Å². The molecular formula is C14H15NO. The molecule has 2 heteroatoms. The maximum Gasteiger partial charge on any atom is 0.253 e. The number of rotatable bonds is 0. The fraction of sp³-hybridized carbons (Fsp3) is 0.357. The number of aromatic nitrogens is 1. The molecule has 0 saturated carbocycles. The van der Waals surface area contributed by atoms with Crippen LogP contribution in [0.5, 0.6) is 0 Å². The van der Waals surface area contributed by atoms with Crippen molar-refractivity contribution in [1.82, 2.24) is 4.57 Å². The van der Waals surface area contributed by atoms with Gasteiger partial charge in [0.1, 0.15) is 0 Å². The Labute approximate surface area is 94.5 Å². The van der Waals surface area contributed by atoms with E-state index in [1.165, 1.54) is 10.9 Å². The van der Waals surface area contributed by atoms with Crippen LogP contribution in [0.4, 0.5) is 0 Å². The average Bonchev–Trinajstić information content (AvgIpc) is 2.50. The normalized spacial score (nSPS) is 16.9. The zero-order valence-corrected chi connectivity index (χ0v) is 9.87. The summed E-state index contributed by atoms with van der Waals surface area (Å²) in [7, 11) is 0. The fourth-order valence-corrected chi connectivity index (χ4v) is 2.77. The smallest absolute Gasteiger partial charge is 0.253 e. The molecule has 0 aliphatic carbocycles. The van der Waals surface area contributed by atoms with Crippen molar-refractivity contribution >= 4 is 10.9 Å². The topological polar surface area (TPSA) is 22.0 Å². The Balaban J connectivity index is 2.57. The number of benzene rings is 1. The highest BCUT2D eigenvalue weighted by Crippen LogP contribution is 2.36. The molecule has 0 spiro atoms. The predicted octanol–water partition coefficient (Wildman–Crippen LogP) is 2.60. The van der Waals surface area contributed by atoms with Gasteiger partial charge in [0.05, 0.1) is 5.52 Å². The lowest BCUT2D eigenvalue weighted by atomic mass is 9.86. The summed E-state index contributed by atoms with van der Waals surface area (Å²) in [6.07, 6.45) is 0. The minimum atomic E-state index is 0.0689. The van der Waals surface area contributed by atoms with Crippen LogP contribution in [0.1, 0.15) is 25.0 Å². The Hall–Kier alpha value is -1.57. The molecule has 0 saturated heterocycles. The summed E-state index contributed by atoms with van der Waals surface area (Å²) in [5.74, 6) is 0. The van der Waals surface area contributed by atoms with Crippen LogP contribution in [0.25, 0.3) is 10.9 Å². The Morgan fingerprint density at radius 3 is 2.81 bits per heavy atom. The van der Waals surface area contributed by atoms with Gasteiger partial charge in [0.25, 0.3) is 5.56 Å². The van der Waals surface area contributed by atoms with Crippen LogP contribution < -0.4 is 5.56 Å². The first-order chi connectivity index (χ1) is 7.50. The second-order valence-electron chi connectivity index (χ2n) is 5.35. The molecule has 0 N–H and O–H groups in total.